The van der Waals surface area contributed by atoms with Crippen molar-refractivity contribution in [3.05, 3.63) is 23.8 Å². The maximum absolute atomic E-state index is 12.5. The topological polar surface area (TPSA) is 81.4 Å². The Morgan fingerprint density at radius 2 is 1.87 bits per heavy atom. The number of fused-ring (bicyclic) bond motifs is 1. The number of halogens is 1. The second kappa shape index (κ2) is 7.38. The third kappa shape index (κ3) is 4.38. The quantitative estimate of drug-likeness (QED) is 0.808. The van der Waals surface area contributed by atoms with E-state index in [0.717, 1.165) is 43.4 Å². The number of rotatable bonds is 4. The minimum absolute atomic E-state index is 0. The minimum Gasteiger partial charge on any atom is -0.493 e. The molecule has 1 saturated carbocycles. The molecule has 1 heterocycles. The highest BCUT2D eigenvalue weighted by Crippen LogP contribution is 2.28. The number of hydrogen-bond acceptors (Lipinski definition) is 4. The van der Waals surface area contributed by atoms with E-state index in [9.17, 15) is 8.42 Å². The summed E-state index contributed by atoms with van der Waals surface area (Å²) in [5, 5.41) is 0. The van der Waals surface area contributed by atoms with Crippen molar-refractivity contribution in [2.75, 3.05) is 13.2 Å². The monoisotopic (exact) mass is 360 g/mol. The predicted octanol–water partition coefficient (Wildman–Crippen LogP) is 2.37. The van der Waals surface area contributed by atoms with Crippen LogP contribution in [0.15, 0.2) is 23.1 Å². The number of benzene rings is 1. The Kier molecular flexibility index (Phi) is 5.94. The Labute approximate surface area is 144 Å². The van der Waals surface area contributed by atoms with Gasteiger partial charge < -0.3 is 10.5 Å². The van der Waals surface area contributed by atoms with Gasteiger partial charge >= 0.3 is 0 Å². The van der Waals surface area contributed by atoms with Crippen molar-refractivity contribution in [1.82, 2.24) is 4.72 Å². The van der Waals surface area contributed by atoms with E-state index >= 15 is 0 Å². The molecule has 2 aliphatic rings. The van der Waals surface area contributed by atoms with Crippen LogP contribution < -0.4 is 15.2 Å². The third-order valence-electron chi connectivity index (χ3n) is 4.68. The van der Waals surface area contributed by atoms with Crippen molar-refractivity contribution < 1.29 is 13.2 Å². The number of hydrogen-bond donors (Lipinski definition) is 2. The maximum atomic E-state index is 12.5. The van der Waals surface area contributed by atoms with Crippen LogP contribution in [0.5, 0.6) is 5.75 Å². The lowest BCUT2D eigenvalue weighted by Crippen LogP contribution is -2.49. The van der Waals surface area contributed by atoms with Crippen molar-refractivity contribution in [3.63, 3.8) is 0 Å². The summed E-state index contributed by atoms with van der Waals surface area (Å²) in [5.41, 5.74) is 6.93. The lowest BCUT2D eigenvalue weighted by Gasteiger charge is -2.28. The van der Waals surface area contributed by atoms with Crippen molar-refractivity contribution in [2.45, 2.75) is 55.4 Å². The van der Waals surface area contributed by atoms with Crippen LogP contribution in [0, 0.1) is 0 Å². The average molecular weight is 361 g/mol. The van der Waals surface area contributed by atoms with Gasteiger partial charge in [0.15, 0.2) is 0 Å². The summed E-state index contributed by atoms with van der Waals surface area (Å²) in [7, 11) is -3.52. The molecule has 1 aromatic rings. The Hall–Kier alpha value is -0.820. The van der Waals surface area contributed by atoms with Gasteiger partial charge in [-0.25, -0.2) is 13.1 Å². The molecule has 0 amide bonds. The highest BCUT2D eigenvalue weighted by atomic mass is 35.5. The van der Waals surface area contributed by atoms with Gasteiger partial charge in [-0.1, -0.05) is 25.7 Å². The highest BCUT2D eigenvalue weighted by Gasteiger charge is 2.28. The van der Waals surface area contributed by atoms with E-state index in [1.165, 1.54) is 12.8 Å². The molecule has 1 fully saturated rings. The zero-order chi connectivity index (χ0) is 15.6. The van der Waals surface area contributed by atoms with Crippen molar-refractivity contribution in [1.29, 1.82) is 0 Å². The number of sulfonamides is 1. The van der Waals surface area contributed by atoms with Gasteiger partial charge in [0.2, 0.25) is 10.0 Å². The number of ether oxygens (including phenoxy) is 1. The van der Waals surface area contributed by atoms with Gasteiger partial charge in [-0.3, -0.25) is 0 Å². The first kappa shape index (κ1) is 18.5. The smallest absolute Gasteiger partial charge is 0.240 e. The molecular weight excluding hydrogens is 336 g/mol. The van der Waals surface area contributed by atoms with Crippen LogP contribution in [0.1, 0.15) is 44.1 Å². The molecule has 7 heteroatoms. The summed E-state index contributed by atoms with van der Waals surface area (Å²) in [6, 6.07) is 5.05. The van der Waals surface area contributed by atoms with Gasteiger partial charge in [-0.05, 0) is 36.6 Å². The zero-order valence-corrected chi connectivity index (χ0v) is 14.8. The van der Waals surface area contributed by atoms with Gasteiger partial charge in [-0.15, -0.1) is 12.4 Å². The van der Waals surface area contributed by atoms with Crippen LogP contribution in [-0.4, -0.2) is 27.1 Å². The average Bonchev–Trinajstić information content (AvgIpc) is 2.86. The van der Waals surface area contributed by atoms with Gasteiger partial charge in [-0.2, -0.15) is 0 Å². The second-order valence-electron chi connectivity index (χ2n) is 6.47. The lowest BCUT2D eigenvalue weighted by atomic mass is 9.92. The Bertz CT molecular complexity index is 641. The first-order valence-electron chi connectivity index (χ1n) is 8.03. The second-order valence-corrected chi connectivity index (χ2v) is 8.24. The fourth-order valence-electron chi connectivity index (χ4n) is 3.26. The molecule has 130 valence electrons. The molecular formula is C16H25ClN2O3S. The summed E-state index contributed by atoms with van der Waals surface area (Å²) in [4.78, 5) is 0.300. The Morgan fingerprint density at radius 3 is 2.57 bits per heavy atom. The van der Waals surface area contributed by atoms with E-state index < -0.39 is 15.6 Å². The van der Waals surface area contributed by atoms with Crippen LogP contribution in [0.25, 0.3) is 0 Å². The van der Waals surface area contributed by atoms with Gasteiger partial charge in [0, 0.05) is 18.5 Å². The van der Waals surface area contributed by atoms with Gasteiger partial charge in [0.1, 0.15) is 5.75 Å². The summed E-state index contributed by atoms with van der Waals surface area (Å²) in [6.45, 7) is 0.932. The molecule has 1 aliphatic heterocycles. The summed E-state index contributed by atoms with van der Waals surface area (Å²) in [6.07, 6.45) is 7.07. The van der Waals surface area contributed by atoms with Gasteiger partial charge in [0.05, 0.1) is 11.5 Å². The molecule has 23 heavy (non-hydrogen) atoms. The first-order chi connectivity index (χ1) is 10.5. The van der Waals surface area contributed by atoms with E-state index in [4.69, 9.17) is 10.5 Å². The number of nitrogens with one attached hydrogen (secondary N) is 1. The van der Waals surface area contributed by atoms with Crippen LogP contribution >= 0.6 is 12.4 Å². The normalized spacial score (nSPS) is 20.0. The molecule has 0 unspecified atom stereocenters. The summed E-state index contributed by atoms with van der Waals surface area (Å²) in [5.74, 6) is 0.790. The lowest BCUT2D eigenvalue weighted by molar-refractivity contribution is 0.356. The molecule has 0 aromatic heterocycles. The molecule has 3 N–H and O–H groups in total. The van der Waals surface area contributed by atoms with Crippen LogP contribution in [0.4, 0.5) is 0 Å². The molecule has 0 saturated heterocycles. The third-order valence-corrected chi connectivity index (χ3v) is 6.08. The van der Waals surface area contributed by atoms with E-state index in [1.807, 2.05) is 0 Å². The first-order valence-corrected chi connectivity index (χ1v) is 9.51. The molecule has 5 nitrogen and oxygen atoms in total. The van der Waals surface area contributed by atoms with Crippen LogP contribution in [0.3, 0.4) is 0 Å². The molecule has 1 aliphatic carbocycles. The minimum atomic E-state index is -3.52. The Balaban J connectivity index is 0.00000192. The van der Waals surface area contributed by atoms with E-state index in [-0.39, 0.29) is 12.4 Å². The maximum Gasteiger partial charge on any atom is 0.240 e. The largest absolute Gasteiger partial charge is 0.493 e. The van der Waals surface area contributed by atoms with Crippen LogP contribution in [-0.2, 0) is 16.4 Å². The molecule has 3 rings (SSSR count). The standard InChI is InChI=1S/C16H24N2O3S.ClH/c17-16(8-3-1-2-4-9-16)12-18-22(19,20)14-5-6-15-13(11-14)7-10-21-15;/h5-6,11,18H,1-4,7-10,12,17H2;1H. The number of nitrogens with two attached hydrogens (primary N) is 1. The van der Waals surface area contributed by atoms with Crippen LogP contribution in [0.2, 0.25) is 0 Å². The van der Waals surface area contributed by atoms with E-state index in [1.54, 1.807) is 18.2 Å². The summed E-state index contributed by atoms with van der Waals surface area (Å²) >= 11 is 0. The molecule has 0 bridgehead atoms. The van der Waals surface area contributed by atoms with Gasteiger partial charge in [0.25, 0.3) is 0 Å². The van der Waals surface area contributed by atoms with Crippen molar-refractivity contribution in [2.24, 2.45) is 5.73 Å². The fraction of sp³-hybridized carbons (Fsp3) is 0.625. The van der Waals surface area contributed by atoms with E-state index in [0.29, 0.717) is 18.0 Å². The highest BCUT2D eigenvalue weighted by molar-refractivity contribution is 7.89. The fourth-order valence-corrected chi connectivity index (χ4v) is 4.45. The van der Waals surface area contributed by atoms with Crippen molar-refractivity contribution in [3.8, 4) is 5.75 Å². The molecule has 0 radical (unpaired) electrons. The SMILES string of the molecule is Cl.NC1(CNS(=O)(=O)c2ccc3c(c2)CCO3)CCCCCC1. The molecule has 0 atom stereocenters. The van der Waals surface area contributed by atoms with Crippen molar-refractivity contribution >= 4 is 22.4 Å². The Morgan fingerprint density at radius 1 is 1.17 bits per heavy atom. The molecule has 0 spiro atoms. The summed E-state index contributed by atoms with van der Waals surface area (Å²) < 4.78 is 33.1. The zero-order valence-electron chi connectivity index (χ0n) is 13.2. The van der Waals surface area contributed by atoms with E-state index in [2.05, 4.69) is 4.72 Å². The predicted molar refractivity (Wildman–Crippen MR) is 92.7 cm³/mol. The molecule has 1 aromatic carbocycles.